The van der Waals surface area contributed by atoms with Crippen LogP contribution >= 0.6 is 12.2 Å². The fourth-order valence-corrected chi connectivity index (χ4v) is 2.94. The van der Waals surface area contributed by atoms with Gasteiger partial charge in [0.15, 0.2) is 5.11 Å². The molecular weight excluding hydrogens is 378 g/mol. The van der Waals surface area contributed by atoms with E-state index in [0.29, 0.717) is 48.9 Å². The third kappa shape index (κ3) is 5.05. The van der Waals surface area contributed by atoms with Gasteiger partial charge in [-0.15, -0.1) is 0 Å². The number of anilines is 1. The predicted octanol–water partition coefficient (Wildman–Crippen LogP) is 2.29. The zero-order chi connectivity index (χ0) is 19.9. The maximum atomic E-state index is 12.4. The van der Waals surface area contributed by atoms with Gasteiger partial charge in [0.1, 0.15) is 5.75 Å². The van der Waals surface area contributed by atoms with E-state index in [0.717, 1.165) is 0 Å². The molecule has 2 N–H and O–H groups in total. The molecule has 3 rings (SSSR count). The highest BCUT2D eigenvalue weighted by Gasteiger charge is 2.18. The number of thiocarbonyl (C=S) groups is 1. The first-order valence-electron chi connectivity index (χ1n) is 8.80. The number of carbonyl (C=O) groups excluding carboxylic acids is 2. The van der Waals surface area contributed by atoms with Gasteiger partial charge in [-0.05, 0) is 60.7 Å². The topological polar surface area (TPSA) is 79.9 Å². The van der Waals surface area contributed by atoms with Gasteiger partial charge in [0.2, 0.25) is 0 Å². The van der Waals surface area contributed by atoms with Crippen LogP contribution in [0.3, 0.4) is 0 Å². The van der Waals surface area contributed by atoms with Crippen LogP contribution in [-0.4, -0.2) is 55.2 Å². The molecule has 2 aromatic carbocycles. The summed E-state index contributed by atoms with van der Waals surface area (Å²) in [6.07, 6.45) is 0. The lowest BCUT2D eigenvalue weighted by Crippen LogP contribution is -2.40. The van der Waals surface area contributed by atoms with Crippen LogP contribution in [0.4, 0.5) is 5.69 Å². The van der Waals surface area contributed by atoms with E-state index < -0.39 is 0 Å². The molecule has 0 spiro atoms. The van der Waals surface area contributed by atoms with Gasteiger partial charge in [-0.25, -0.2) is 0 Å². The Morgan fingerprint density at radius 1 is 1.00 bits per heavy atom. The van der Waals surface area contributed by atoms with Crippen molar-refractivity contribution in [2.45, 2.75) is 0 Å². The highest BCUT2D eigenvalue weighted by atomic mass is 32.1. The monoisotopic (exact) mass is 399 g/mol. The summed E-state index contributed by atoms with van der Waals surface area (Å²) in [7, 11) is 1.56. The van der Waals surface area contributed by atoms with Crippen molar-refractivity contribution in [2.75, 3.05) is 38.7 Å². The lowest BCUT2D eigenvalue weighted by atomic mass is 10.1. The Bertz CT molecular complexity index is 847. The number of hydrogen-bond donors (Lipinski definition) is 2. The fraction of sp³-hybridized carbons (Fsp3) is 0.250. The normalized spacial score (nSPS) is 13.5. The lowest BCUT2D eigenvalue weighted by molar-refractivity contribution is 0.0303. The van der Waals surface area contributed by atoms with Crippen LogP contribution in [-0.2, 0) is 4.74 Å². The Balaban J connectivity index is 1.54. The van der Waals surface area contributed by atoms with Gasteiger partial charge in [-0.2, -0.15) is 0 Å². The van der Waals surface area contributed by atoms with Crippen LogP contribution in [0.25, 0.3) is 0 Å². The number of methoxy groups -OCH3 is 1. The average Bonchev–Trinajstić information content (AvgIpc) is 2.74. The van der Waals surface area contributed by atoms with Crippen molar-refractivity contribution in [3.8, 4) is 5.75 Å². The molecule has 0 saturated carbocycles. The molecule has 146 valence electrons. The summed E-state index contributed by atoms with van der Waals surface area (Å²) in [5.41, 5.74) is 1.75. The van der Waals surface area contributed by atoms with Gasteiger partial charge < -0.3 is 19.7 Å². The number of rotatable bonds is 4. The zero-order valence-corrected chi connectivity index (χ0v) is 16.3. The summed E-state index contributed by atoms with van der Waals surface area (Å²) in [4.78, 5) is 26.4. The third-order valence-corrected chi connectivity index (χ3v) is 4.47. The summed E-state index contributed by atoms with van der Waals surface area (Å²) >= 11 is 5.19. The molecule has 2 aromatic rings. The molecule has 1 fully saturated rings. The van der Waals surface area contributed by atoms with E-state index in [-0.39, 0.29) is 16.9 Å². The predicted molar refractivity (Wildman–Crippen MR) is 110 cm³/mol. The van der Waals surface area contributed by atoms with E-state index in [1.54, 1.807) is 60.5 Å². The van der Waals surface area contributed by atoms with Gasteiger partial charge in [0, 0.05) is 29.9 Å². The van der Waals surface area contributed by atoms with E-state index >= 15 is 0 Å². The quantitative estimate of drug-likeness (QED) is 0.768. The van der Waals surface area contributed by atoms with Crippen molar-refractivity contribution in [2.24, 2.45) is 0 Å². The molecular formula is C20H21N3O4S. The second-order valence-electron chi connectivity index (χ2n) is 6.12. The number of amides is 2. The smallest absolute Gasteiger partial charge is 0.257 e. The van der Waals surface area contributed by atoms with Crippen LogP contribution < -0.4 is 15.4 Å². The molecule has 0 aliphatic carbocycles. The highest BCUT2D eigenvalue weighted by Crippen LogP contribution is 2.14. The van der Waals surface area contributed by atoms with Crippen molar-refractivity contribution < 1.29 is 19.1 Å². The first-order chi connectivity index (χ1) is 13.6. The SMILES string of the molecule is COc1ccc(C(=O)NC(=S)Nc2ccc(C(=O)N3CCOCC3)cc2)cc1. The van der Waals surface area contributed by atoms with E-state index in [9.17, 15) is 9.59 Å². The van der Waals surface area contributed by atoms with Crippen LogP contribution in [0.5, 0.6) is 5.75 Å². The molecule has 0 atom stereocenters. The van der Waals surface area contributed by atoms with Crippen LogP contribution in [0.1, 0.15) is 20.7 Å². The number of ether oxygens (including phenoxy) is 2. The molecule has 7 nitrogen and oxygen atoms in total. The molecule has 1 heterocycles. The molecule has 0 bridgehead atoms. The molecule has 1 saturated heterocycles. The van der Waals surface area contributed by atoms with Crippen molar-refractivity contribution in [1.29, 1.82) is 0 Å². The van der Waals surface area contributed by atoms with Crippen molar-refractivity contribution in [3.63, 3.8) is 0 Å². The summed E-state index contributed by atoms with van der Waals surface area (Å²) in [6.45, 7) is 2.32. The molecule has 28 heavy (non-hydrogen) atoms. The second-order valence-corrected chi connectivity index (χ2v) is 6.53. The van der Waals surface area contributed by atoms with E-state index in [1.165, 1.54) is 0 Å². The number of benzene rings is 2. The van der Waals surface area contributed by atoms with Gasteiger partial charge in [-0.3, -0.25) is 14.9 Å². The van der Waals surface area contributed by atoms with Gasteiger partial charge in [0.05, 0.1) is 20.3 Å². The molecule has 8 heteroatoms. The summed E-state index contributed by atoms with van der Waals surface area (Å²) in [6, 6.07) is 13.7. The first kappa shape index (κ1) is 19.8. The highest BCUT2D eigenvalue weighted by molar-refractivity contribution is 7.80. The Hall–Kier alpha value is -2.97. The Morgan fingerprint density at radius 3 is 2.21 bits per heavy atom. The molecule has 1 aliphatic rings. The summed E-state index contributed by atoms with van der Waals surface area (Å²) < 4.78 is 10.3. The number of hydrogen-bond acceptors (Lipinski definition) is 5. The number of morpholine rings is 1. The minimum Gasteiger partial charge on any atom is -0.497 e. The third-order valence-electron chi connectivity index (χ3n) is 4.27. The van der Waals surface area contributed by atoms with Crippen molar-refractivity contribution >= 4 is 34.8 Å². The van der Waals surface area contributed by atoms with Crippen LogP contribution in [0, 0.1) is 0 Å². The van der Waals surface area contributed by atoms with Crippen molar-refractivity contribution in [3.05, 3.63) is 59.7 Å². The minimum absolute atomic E-state index is 0.0229. The van der Waals surface area contributed by atoms with E-state index in [1.807, 2.05) is 0 Å². The lowest BCUT2D eigenvalue weighted by Gasteiger charge is -2.26. The fourth-order valence-electron chi connectivity index (χ4n) is 2.73. The van der Waals surface area contributed by atoms with Crippen LogP contribution in [0.2, 0.25) is 0 Å². The summed E-state index contributed by atoms with van der Waals surface area (Å²) in [5, 5.41) is 5.74. The van der Waals surface area contributed by atoms with Crippen LogP contribution in [0.15, 0.2) is 48.5 Å². The van der Waals surface area contributed by atoms with Gasteiger partial charge in [0.25, 0.3) is 11.8 Å². The Kier molecular flexibility index (Phi) is 6.57. The zero-order valence-electron chi connectivity index (χ0n) is 15.4. The maximum Gasteiger partial charge on any atom is 0.257 e. The molecule has 0 radical (unpaired) electrons. The average molecular weight is 399 g/mol. The molecule has 1 aliphatic heterocycles. The summed E-state index contributed by atoms with van der Waals surface area (Å²) in [5.74, 6) is 0.327. The number of carbonyl (C=O) groups is 2. The Morgan fingerprint density at radius 2 is 1.61 bits per heavy atom. The van der Waals surface area contributed by atoms with Gasteiger partial charge >= 0.3 is 0 Å². The second kappa shape index (κ2) is 9.29. The molecule has 0 aromatic heterocycles. The first-order valence-corrected chi connectivity index (χ1v) is 9.21. The minimum atomic E-state index is -0.320. The number of nitrogens with zero attached hydrogens (tertiary/aromatic N) is 1. The van der Waals surface area contributed by atoms with Crippen molar-refractivity contribution in [1.82, 2.24) is 10.2 Å². The Labute approximate surface area is 168 Å². The molecule has 0 unspecified atom stereocenters. The maximum absolute atomic E-state index is 12.4. The largest absolute Gasteiger partial charge is 0.497 e. The number of nitrogens with one attached hydrogen (secondary N) is 2. The standard InChI is InChI=1S/C20H21N3O4S/c1-26-17-8-4-14(5-9-17)18(24)22-20(28)21-16-6-2-15(3-7-16)19(25)23-10-12-27-13-11-23/h2-9H,10-13H2,1H3,(H2,21,22,24,28). The molecule has 2 amide bonds. The van der Waals surface area contributed by atoms with E-state index in [2.05, 4.69) is 10.6 Å². The van der Waals surface area contributed by atoms with E-state index in [4.69, 9.17) is 21.7 Å². The van der Waals surface area contributed by atoms with Gasteiger partial charge in [-0.1, -0.05) is 0 Å².